The molecule has 27 heavy (non-hydrogen) atoms. The Labute approximate surface area is 174 Å². The fourth-order valence-corrected chi connectivity index (χ4v) is 4.20. The summed E-state index contributed by atoms with van der Waals surface area (Å²) in [5.74, 6) is 1.91. The van der Waals surface area contributed by atoms with Gasteiger partial charge in [0.25, 0.3) is 0 Å². The van der Waals surface area contributed by atoms with Gasteiger partial charge in [-0.1, -0.05) is 163 Å². The van der Waals surface area contributed by atoms with E-state index in [1.807, 2.05) is 0 Å². The van der Waals surface area contributed by atoms with Crippen LogP contribution in [-0.2, 0) is 0 Å². The van der Waals surface area contributed by atoms with E-state index >= 15 is 0 Å². The first kappa shape index (κ1) is 27.0. The summed E-state index contributed by atoms with van der Waals surface area (Å²) in [5, 5.41) is 0. The zero-order chi connectivity index (χ0) is 20.0. The number of hydrogen-bond acceptors (Lipinski definition) is 0. The molecule has 0 aliphatic carbocycles. The third kappa shape index (κ3) is 22.2. The summed E-state index contributed by atoms with van der Waals surface area (Å²) >= 11 is 0. The monoisotopic (exact) mass is 380 g/mol. The summed E-state index contributed by atoms with van der Waals surface area (Å²) in [6, 6.07) is 0. The minimum absolute atomic E-state index is 0.945. The highest BCUT2D eigenvalue weighted by atomic mass is 14.1. The van der Waals surface area contributed by atoms with Gasteiger partial charge in [-0.25, -0.2) is 0 Å². The van der Waals surface area contributed by atoms with Gasteiger partial charge < -0.3 is 0 Å². The molecule has 0 N–H and O–H groups in total. The van der Waals surface area contributed by atoms with Crippen LogP contribution >= 0.6 is 0 Å². The van der Waals surface area contributed by atoms with Crippen LogP contribution in [0.4, 0.5) is 0 Å². The van der Waals surface area contributed by atoms with Crippen molar-refractivity contribution in [1.29, 1.82) is 0 Å². The maximum Gasteiger partial charge on any atom is -0.0443 e. The van der Waals surface area contributed by atoms with Crippen LogP contribution in [0, 0.1) is 11.8 Å². The van der Waals surface area contributed by atoms with E-state index in [9.17, 15) is 0 Å². The highest BCUT2D eigenvalue weighted by Gasteiger charge is 2.03. The lowest BCUT2D eigenvalue weighted by atomic mass is 9.95. The van der Waals surface area contributed by atoms with Crippen LogP contribution in [0.2, 0.25) is 0 Å². The molecule has 0 rings (SSSR count). The smallest absolute Gasteiger partial charge is 0.0443 e. The zero-order valence-corrected chi connectivity index (χ0v) is 20.0. The number of rotatable bonds is 22. The normalized spacial score (nSPS) is 13.8. The Morgan fingerprint density at radius 3 is 1.00 bits per heavy atom. The van der Waals surface area contributed by atoms with Gasteiger partial charge in [-0.05, 0) is 11.8 Å². The van der Waals surface area contributed by atoms with Crippen molar-refractivity contribution in [2.24, 2.45) is 11.8 Å². The lowest BCUT2D eigenvalue weighted by Crippen LogP contribution is -1.95. The second-order valence-electron chi connectivity index (χ2n) is 9.64. The molecule has 0 saturated carbocycles. The highest BCUT2D eigenvalue weighted by molar-refractivity contribution is 4.57. The fraction of sp³-hybridized carbons (Fsp3) is 1.00. The minimum Gasteiger partial charge on any atom is -0.0654 e. The van der Waals surface area contributed by atoms with Crippen molar-refractivity contribution in [2.45, 2.75) is 163 Å². The largest absolute Gasteiger partial charge is 0.0654 e. The summed E-state index contributed by atoms with van der Waals surface area (Å²) < 4.78 is 0. The summed E-state index contributed by atoms with van der Waals surface area (Å²) in [5.41, 5.74) is 0. The van der Waals surface area contributed by atoms with E-state index in [0.717, 1.165) is 11.8 Å². The summed E-state index contributed by atoms with van der Waals surface area (Å²) in [6.07, 6.45) is 30.7. The molecule has 0 aromatic rings. The van der Waals surface area contributed by atoms with Crippen LogP contribution in [-0.4, -0.2) is 0 Å². The molecule has 0 saturated heterocycles. The van der Waals surface area contributed by atoms with Gasteiger partial charge in [0.15, 0.2) is 0 Å². The van der Waals surface area contributed by atoms with Crippen LogP contribution in [0.25, 0.3) is 0 Å². The fourth-order valence-electron chi connectivity index (χ4n) is 4.20. The molecule has 0 bridgehead atoms. The van der Waals surface area contributed by atoms with Crippen molar-refractivity contribution in [3.8, 4) is 0 Å². The average molecular weight is 381 g/mol. The molecule has 0 heteroatoms. The molecule has 0 heterocycles. The standard InChI is InChI=1S/C27H56/c1-5-7-8-9-10-11-12-13-14-15-17-21-24-27(4)25-22-19-16-18-20-23-26(3)6-2/h26-27H,5-25H2,1-4H3. The molecular weight excluding hydrogens is 324 g/mol. The Morgan fingerprint density at radius 1 is 0.370 bits per heavy atom. The van der Waals surface area contributed by atoms with Crippen LogP contribution < -0.4 is 0 Å². The van der Waals surface area contributed by atoms with Gasteiger partial charge in [-0.15, -0.1) is 0 Å². The first-order chi connectivity index (χ1) is 13.2. The van der Waals surface area contributed by atoms with Crippen LogP contribution in [0.15, 0.2) is 0 Å². The Hall–Kier alpha value is 0. The third-order valence-corrected chi connectivity index (χ3v) is 6.64. The molecule has 0 aliphatic heterocycles. The molecule has 0 aromatic heterocycles. The number of unbranched alkanes of at least 4 members (excludes halogenated alkanes) is 15. The van der Waals surface area contributed by atoms with Gasteiger partial charge in [0.05, 0.1) is 0 Å². The van der Waals surface area contributed by atoms with E-state index in [1.54, 1.807) is 0 Å². The molecule has 164 valence electrons. The predicted molar refractivity (Wildman–Crippen MR) is 127 cm³/mol. The molecule has 0 spiro atoms. The van der Waals surface area contributed by atoms with Gasteiger partial charge in [0.2, 0.25) is 0 Å². The summed E-state index contributed by atoms with van der Waals surface area (Å²) in [7, 11) is 0. The minimum atomic E-state index is 0.945. The van der Waals surface area contributed by atoms with E-state index in [2.05, 4.69) is 27.7 Å². The quantitative estimate of drug-likeness (QED) is 0.164. The van der Waals surface area contributed by atoms with Gasteiger partial charge in [0.1, 0.15) is 0 Å². The average Bonchev–Trinajstić information content (AvgIpc) is 2.67. The van der Waals surface area contributed by atoms with Gasteiger partial charge >= 0.3 is 0 Å². The van der Waals surface area contributed by atoms with E-state index in [4.69, 9.17) is 0 Å². The highest BCUT2D eigenvalue weighted by Crippen LogP contribution is 2.19. The molecule has 0 radical (unpaired) electrons. The van der Waals surface area contributed by atoms with E-state index in [1.165, 1.54) is 135 Å². The maximum absolute atomic E-state index is 2.49. The molecule has 0 nitrogen and oxygen atoms in total. The Morgan fingerprint density at radius 2 is 0.667 bits per heavy atom. The van der Waals surface area contributed by atoms with Crippen LogP contribution in [0.5, 0.6) is 0 Å². The van der Waals surface area contributed by atoms with Gasteiger partial charge in [-0.2, -0.15) is 0 Å². The second kappa shape index (κ2) is 22.3. The SMILES string of the molecule is CCCCCCCCCCCCCCC(C)CCCCCCCC(C)CC. The van der Waals surface area contributed by atoms with Crippen LogP contribution in [0.1, 0.15) is 163 Å². The van der Waals surface area contributed by atoms with E-state index in [-0.39, 0.29) is 0 Å². The van der Waals surface area contributed by atoms with E-state index in [0.29, 0.717) is 0 Å². The summed E-state index contributed by atoms with van der Waals surface area (Å²) in [6.45, 7) is 9.51. The maximum atomic E-state index is 2.49. The van der Waals surface area contributed by atoms with Crippen molar-refractivity contribution in [2.75, 3.05) is 0 Å². The van der Waals surface area contributed by atoms with Gasteiger partial charge in [0, 0.05) is 0 Å². The molecule has 2 atom stereocenters. The zero-order valence-electron chi connectivity index (χ0n) is 20.0. The molecule has 0 fully saturated rings. The van der Waals surface area contributed by atoms with Crippen LogP contribution in [0.3, 0.4) is 0 Å². The Kier molecular flexibility index (Phi) is 22.3. The number of hydrogen-bond donors (Lipinski definition) is 0. The van der Waals surface area contributed by atoms with Crippen molar-refractivity contribution in [1.82, 2.24) is 0 Å². The van der Waals surface area contributed by atoms with Crippen molar-refractivity contribution < 1.29 is 0 Å². The molecule has 0 aliphatic rings. The Bertz CT molecular complexity index is 257. The molecule has 0 amide bonds. The third-order valence-electron chi connectivity index (χ3n) is 6.64. The van der Waals surface area contributed by atoms with E-state index < -0.39 is 0 Å². The Balaban J connectivity index is 3.16. The first-order valence-corrected chi connectivity index (χ1v) is 13.2. The molecule has 0 aromatic carbocycles. The van der Waals surface area contributed by atoms with Crippen molar-refractivity contribution >= 4 is 0 Å². The second-order valence-corrected chi connectivity index (χ2v) is 9.64. The lowest BCUT2D eigenvalue weighted by molar-refractivity contribution is 0.425. The summed E-state index contributed by atoms with van der Waals surface area (Å²) in [4.78, 5) is 0. The lowest BCUT2D eigenvalue weighted by Gasteiger charge is -2.11. The predicted octanol–water partition coefficient (Wildman–Crippen LogP) is 10.5. The van der Waals surface area contributed by atoms with Crippen molar-refractivity contribution in [3.05, 3.63) is 0 Å². The topological polar surface area (TPSA) is 0 Å². The molecular formula is C27H56. The van der Waals surface area contributed by atoms with Crippen molar-refractivity contribution in [3.63, 3.8) is 0 Å². The first-order valence-electron chi connectivity index (χ1n) is 13.2. The molecule has 2 unspecified atom stereocenters. The van der Waals surface area contributed by atoms with Gasteiger partial charge in [-0.3, -0.25) is 0 Å².